The Balaban J connectivity index is 3.08. The van der Waals surface area contributed by atoms with Crippen LogP contribution in [-0.2, 0) is 9.84 Å². The van der Waals surface area contributed by atoms with Crippen molar-refractivity contribution in [3.8, 4) is 0 Å². The zero-order chi connectivity index (χ0) is 10.8. The number of nitrogens with two attached hydrogens (primary N) is 1. The van der Waals surface area contributed by atoms with Crippen molar-refractivity contribution in [3.63, 3.8) is 0 Å². The highest BCUT2D eigenvalue weighted by Gasteiger charge is 2.06. The van der Waals surface area contributed by atoms with Crippen LogP contribution in [0.15, 0.2) is 29.2 Å². The van der Waals surface area contributed by atoms with E-state index in [1.165, 1.54) is 12.1 Å². The summed E-state index contributed by atoms with van der Waals surface area (Å²) in [6.07, 6.45) is 1.15. The molecule has 0 aliphatic heterocycles. The molecule has 0 aliphatic carbocycles. The van der Waals surface area contributed by atoms with Crippen molar-refractivity contribution in [1.29, 1.82) is 0 Å². The molecule has 14 heavy (non-hydrogen) atoms. The number of sulfone groups is 1. The first-order chi connectivity index (χ1) is 6.39. The van der Waals surface area contributed by atoms with Crippen molar-refractivity contribution in [1.82, 2.24) is 0 Å². The maximum Gasteiger partial charge on any atom is 0.175 e. The summed E-state index contributed by atoms with van der Waals surface area (Å²) in [4.78, 5) is 0.235. The highest BCUT2D eigenvalue weighted by Crippen LogP contribution is 2.14. The van der Waals surface area contributed by atoms with Gasteiger partial charge in [0.15, 0.2) is 14.9 Å². The second-order valence-electron chi connectivity index (χ2n) is 2.79. The van der Waals surface area contributed by atoms with Crippen LogP contribution in [0, 0.1) is 0 Å². The molecular formula is C8H10N2O2S2. The first-order valence-corrected chi connectivity index (χ1v) is 6.06. The van der Waals surface area contributed by atoms with Crippen LogP contribution in [-0.4, -0.2) is 19.8 Å². The van der Waals surface area contributed by atoms with E-state index in [9.17, 15) is 8.42 Å². The van der Waals surface area contributed by atoms with Gasteiger partial charge in [0.25, 0.3) is 0 Å². The van der Waals surface area contributed by atoms with Crippen LogP contribution < -0.4 is 11.1 Å². The summed E-state index contributed by atoms with van der Waals surface area (Å²) < 4.78 is 22.4. The summed E-state index contributed by atoms with van der Waals surface area (Å²) in [6, 6.07) is 6.30. The summed E-state index contributed by atoms with van der Waals surface area (Å²) in [5, 5.41) is 2.77. The number of hydrogen-bond donors (Lipinski definition) is 2. The van der Waals surface area contributed by atoms with E-state index in [2.05, 4.69) is 17.5 Å². The van der Waals surface area contributed by atoms with Crippen LogP contribution in [0.1, 0.15) is 0 Å². The Morgan fingerprint density at radius 2 is 2.14 bits per heavy atom. The summed E-state index contributed by atoms with van der Waals surface area (Å²) in [5.74, 6) is 0. The Bertz CT molecular complexity index is 454. The molecule has 0 unspecified atom stereocenters. The van der Waals surface area contributed by atoms with Gasteiger partial charge in [-0.1, -0.05) is 6.07 Å². The molecule has 0 bridgehead atoms. The largest absolute Gasteiger partial charge is 0.376 e. The lowest BCUT2D eigenvalue weighted by atomic mass is 10.3. The van der Waals surface area contributed by atoms with E-state index in [-0.39, 0.29) is 10.0 Å². The molecule has 0 fully saturated rings. The fourth-order valence-corrected chi connectivity index (χ4v) is 1.73. The van der Waals surface area contributed by atoms with Crippen molar-refractivity contribution < 1.29 is 8.42 Å². The zero-order valence-electron chi connectivity index (χ0n) is 7.52. The van der Waals surface area contributed by atoms with Crippen LogP contribution >= 0.6 is 12.2 Å². The lowest BCUT2D eigenvalue weighted by molar-refractivity contribution is 0.602. The first-order valence-electron chi connectivity index (χ1n) is 3.76. The maximum absolute atomic E-state index is 11.2. The van der Waals surface area contributed by atoms with Gasteiger partial charge in [0.2, 0.25) is 0 Å². The average molecular weight is 230 g/mol. The van der Waals surface area contributed by atoms with Gasteiger partial charge in [-0.3, -0.25) is 0 Å². The van der Waals surface area contributed by atoms with Gasteiger partial charge in [0, 0.05) is 11.9 Å². The standard InChI is InChI=1S/C8H10N2O2S2/c1-14(11,12)7-4-2-3-6(5-7)10-8(9)13/h2-5H,1H3,(H3,9,10,13). The van der Waals surface area contributed by atoms with E-state index in [0.29, 0.717) is 5.69 Å². The predicted octanol–water partition coefficient (Wildman–Crippen LogP) is 0.746. The molecule has 0 aromatic heterocycles. The second kappa shape index (κ2) is 3.93. The van der Waals surface area contributed by atoms with Gasteiger partial charge < -0.3 is 11.1 Å². The van der Waals surface area contributed by atoms with Gasteiger partial charge >= 0.3 is 0 Å². The summed E-state index contributed by atoms with van der Waals surface area (Å²) >= 11 is 4.63. The zero-order valence-corrected chi connectivity index (χ0v) is 9.15. The third-order valence-corrected chi connectivity index (χ3v) is 2.74. The summed E-state index contributed by atoms with van der Waals surface area (Å²) in [7, 11) is -3.19. The van der Waals surface area contributed by atoms with Gasteiger partial charge in [-0.2, -0.15) is 0 Å². The molecule has 0 atom stereocenters. The Labute approximate surface area is 88.0 Å². The lowest BCUT2D eigenvalue weighted by Crippen LogP contribution is -2.18. The first kappa shape index (κ1) is 10.9. The van der Waals surface area contributed by atoms with Crippen molar-refractivity contribution in [2.45, 2.75) is 4.90 Å². The van der Waals surface area contributed by atoms with E-state index in [1.807, 2.05) is 0 Å². The molecule has 0 saturated carbocycles. The molecule has 0 radical (unpaired) electrons. The highest BCUT2D eigenvalue weighted by molar-refractivity contribution is 7.90. The molecule has 0 heterocycles. The van der Waals surface area contributed by atoms with Crippen molar-refractivity contribution in [2.75, 3.05) is 11.6 Å². The second-order valence-corrected chi connectivity index (χ2v) is 5.24. The number of nitrogens with one attached hydrogen (secondary N) is 1. The molecule has 1 rings (SSSR count). The number of hydrogen-bond acceptors (Lipinski definition) is 3. The fourth-order valence-electron chi connectivity index (χ4n) is 0.947. The Morgan fingerprint density at radius 1 is 1.50 bits per heavy atom. The van der Waals surface area contributed by atoms with Gasteiger partial charge in [0.05, 0.1) is 4.90 Å². The van der Waals surface area contributed by atoms with Crippen LogP contribution in [0.25, 0.3) is 0 Å². The third kappa shape index (κ3) is 2.97. The molecule has 0 amide bonds. The average Bonchev–Trinajstić information content (AvgIpc) is 2.01. The van der Waals surface area contributed by atoms with E-state index in [1.54, 1.807) is 12.1 Å². The van der Waals surface area contributed by atoms with Gasteiger partial charge in [-0.25, -0.2) is 8.42 Å². The predicted molar refractivity (Wildman–Crippen MR) is 60.0 cm³/mol. The normalized spacial score (nSPS) is 10.9. The van der Waals surface area contributed by atoms with Crippen molar-refractivity contribution >= 4 is 32.9 Å². The quantitative estimate of drug-likeness (QED) is 0.733. The molecule has 1 aromatic rings. The molecule has 6 heteroatoms. The molecule has 0 aliphatic rings. The van der Waals surface area contributed by atoms with E-state index < -0.39 is 9.84 Å². The molecule has 3 N–H and O–H groups in total. The number of anilines is 1. The number of benzene rings is 1. The Morgan fingerprint density at radius 3 is 2.64 bits per heavy atom. The summed E-state index contributed by atoms with van der Waals surface area (Å²) in [5.41, 5.74) is 5.82. The van der Waals surface area contributed by atoms with Gasteiger partial charge in [-0.05, 0) is 30.4 Å². The number of thiocarbonyl (C=S) groups is 1. The topological polar surface area (TPSA) is 72.2 Å². The smallest absolute Gasteiger partial charge is 0.175 e. The minimum absolute atomic E-state index is 0.107. The van der Waals surface area contributed by atoms with E-state index in [0.717, 1.165) is 6.26 Å². The van der Waals surface area contributed by atoms with Crippen LogP contribution in [0.3, 0.4) is 0 Å². The van der Waals surface area contributed by atoms with Crippen LogP contribution in [0.5, 0.6) is 0 Å². The molecule has 4 nitrogen and oxygen atoms in total. The van der Waals surface area contributed by atoms with Crippen molar-refractivity contribution in [2.24, 2.45) is 5.73 Å². The minimum atomic E-state index is -3.19. The Hall–Kier alpha value is -1.14. The highest BCUT2D eigenvalue weighted by atomic mass is 32.2. The Kier molecular flexibility index (Phi) is 3.07. The summed E-state index contributed by atoms with van der Waals surface area (Å²) in [6.45, 7) is 0. The van der Waals surface area contributed by atoms with E-state index in [4.69, 9.17) is 5.73 Å². The maximum atomic E-state index is 11.2. The molecule has 0 spiro atoms. The third-order valence-electron chi connectivity index (χ3n) is 1.53. The van der Waals surface area contributed by atoms with Gasteiger partial charge in [0.1, 0.15) is 0 Å². The van der Waals surface area contributed by atoms with Crippen LogP contribution in [0.4, 0.5) is 5.69 Å². The van der Waals surface area contributed by atoms with Crippen molar-refractivity contribution in [3.05, 3.63) is 24.3 Å². The molecule has 76 valence electrons. The number of rotatable bonds is 2. The van der Waals surface area contributed by atoms with E-state index >= 15 is 0 Å². The van der Waals surface area contributed by atoms with Gasteiger partial charge in [-0.15, -0.1) is 0 Å². The monoisotopic (exact) mass is 230 g/mol. The minimum Gasteiger partial charge on any atom is -0.376 e. The SMILES string of the molecule is CS(=O)(=O)c1cccc(NC(N)=S)c1. The molecular weight excluding hydrogens is 220 g/mol. The lowest BCUT2D eigenvalue weighted by Gasteiger charge is -2.04. The van der Waals surface area contributed by atoms with Crippen LogP contribution in [0.2, 0.25) is 0 Å². The fraction of sp³-hybridized carbons (Fsp3) is 0.125. The molecule has 1 aromatic carbocycles. The molecule has 0 saturated heterocycles.